The van der Waals surface area contributed by atoms with Gasteiger partial charge in [-0.25, -0.2) is 0 Å². The number of rotatable bonds is 0. The van der Waals surface area contributed by atoms with E-state index in [4.69, 9.17) is 0 Å². The Labute approximate surface area is 73.9 Å². The van der Waals surface area contributed by atoms with Crippen LogP contribution in [0.1, 0.15) is 0 Å². The fourth-order valence-electron chi connectivity index (χ4n) is 0.859. The van der Waals surface area contributed by atoms with Gasteiger partial charge in [0.15, 0.2) is 0 Å². The van der Waals surface area contributed by atoms with Crippen molar-refractivity contribution in [1.29, 1.82) is 0 Å². The number of hydrogen-bond donors (Lipinski definition) is 0. The quantitative estimate of drug-likeness (QED) is 0.290. The lowest BCUT2D eigenvalue weighted by Crippen LogP contribution is -2.35. The molecule has 1 aromatic rings. The number of nitrogens with zero attached hydrogens (tertiary/aromatic N) is 3. The summed E-state index contributed by atoms with van der Waals surface area (Å²) in [5, 5.41) is 0. The number of aromatic nitrogens is 3. The monoisotopic (exact) mass is 175 g/mol. The number of hydrogen-bond acceptors (Lipinski definition) is 2. The van der Waals surface area contributed by atoms with E-state index in [9.17, 15) is 0 Å². The standard InChI is InChI=1S/C5H6N3.2H2S/c1-2-7-4-6-5-8(7)3-1;;/h4-5H,2-3H2;2*1H2/q+1;;/p-1. The Kier molecular flexibility index (Phi) is 3.81. The van der Waals surface area contributed by atoms with Crippen LogP contribution in [-0.4, -0.2) is 9.67 Å². The molecule has 0 amide bonds. The first-order chi connectivity index (χ1) is 3.97. The summed E-state index contributed by atoms with van der Waals surface area (Å²) in [6, 6.07) is 0. The van der Waals surface area contributed by atoms with Gasteiger partial charge in [0.1, 0.15) is 6.54 Å². The van der Waals surface area contributed by atoms with Crippen molar-refractivity contribution in [1.82, 2.24) is 9.67 Å². The van der Waals surface area contributed by atoms with Crippen LogP contribution < -0.4 is 4.68 Å². The van der Waals surface area contributed by atoms with Crippen LogP contribution in [0, 0.1) is 6.42 Å². The summed E-state index contributed by atoms with van der Waals surface area (Å²) in [6.45, 7) is 1.78. The third-order valence-electron chi connectivity index (χ3n) is 1.28. The van der Waals surface area contributed by atoms with E-state index < -0.39 is 0 Å². The molecule has 1 aliphatic rings. The molecule has 2 rings (SSSR count). The van der Waals surface area contributed by atoms with Gasteiger partial charge in [-0.05, 0) is 4.98 Å². The van der Waals surface area contributed by atoms with Crippen LogP contribution in [0.2, 0.25) is 0 Å². The minimum Gasteiger partial charge on any atom is -0.813 e. The van der Waals surface area contributed by atoms with E-state index in [0.717, 1.165) is 13.1 Å². The molecule has 1 aliphatic heterocycles. The average Bonchev–Trinajstić information content (AvgIpc) is 2.15. The maximum atomic E-state index is 3.93. The van der Waals surface area contributed by atoms with Gasteiger partial charge in [-0.3, -0.25) is 0 Å². The molecule has 0 bridgehead atoms. The van der Waals surface area contributed by atoms with E-state index in [-0.39, 0.29) is 27.0 Å². The molecule has 0 unspecified atom stereocenters. The third-order valence-corrected chi connectivity index (χ3v) is 1.28. The summed E-state index contributed by atoms with van der Waals surface area (Å²) in [4.78, 5) is 3.93. The third kappa shape index (κ3) is 1.46. The zero-order chi connectivity index (χ0) is 5.40. The molecule has 5 heteroatoms. The lowest BCUT2D eigenvalue weighted by molar-refractivity contribution is -0.756. The highest BCUT2D eigenvalue weighted by Crippen LogP contribution is 1.91. The molecule has 0 spiro atoms. The molecule has 0 saturated carbocycles. The van der Waals surface area contributed by atoms with Crippen molar-refractivity contribution >= 4 is 27.0 Å². The van der Waals surface area contributed by atoms with E-state index >= 15 is 0 Å². The van der Waals surface area contributed by atoms with Gasteiger partial charge in [0.2, 0.25) is 6.33 Å². The predicted octanol–water partition coefficient (Wildman–Crippen LogP) is -0.892. The lowest BCUT2D eigenvalue weighted by Gasteiger charge is -1.82. The van der Waals surface area contributed by atoms with Crippen LogP contribution in [0.3, 0.4) is 0 Å². The van der Waals surface area contributed by atoms with Crippen LogP contribution >= 0.6 is 13.5 Å². The lowest BCUT2D eigenvalue weighted by atomic mass is 10.5. The molecule has 3 nitrogen and oxygen atoms in total. The highest BCUT2D eigenvalue weighted by molar-refractivity contribution is 7.59. The first-order valence-corrected chi connectivity index (χ1v) is 2.57. The van der Waals surface area contributed by atoms with Gasteiger partial charge in [-0.15, -0.1) is 0 Å². The minimum atomic E-state index is 0. The van der Waals surface area contributed by atoms with Gasteiger partial charge in [-0.2, -0.15) is 22.9 Å². The Bertz CT molecular complexity index is 180. The zero-order valence-electron chi connectivity index (χ0n) is 5.36. The highest BCUT2D eigenvalue weighted by atomic mass is 32.1. The summed E-state index contributed by atoms with van der Waals surface area (Å²) in [7, 11) is 0. The molecular formula is C5H9N3S2. The molecule has 10 heavy (non-hydrogen) atoms. The summed E-state index contributed by atoms with van der Waals surface area (Å²) < 4.78 is 4.03. The van der Waals surface area contributed by atoms with E-state index in [0.29, 0.717) is 0 Å². The van der Waals surface area contributed by atoms with E-state index in [2.05, 4.69) is 11.4 Å². The van der Waals surface area contributed by atoms with Crippen molar-refractivity contribution in [2.75, 3.05) is 0 Å². The predicted molar refractivity (Wildman–Crippen MR) is 44.8 cm³/mol. The summed E-state index contributed by atoms with van der Waals surface area (Å²) in [6.07, 6.45) is 6.76. The summed E-state index contributed by atoms with van der Waals surface area (Å²) in [5.41, 5.74) is 0. The summed E-state index contributed by atoms with van der Waals surface area (Å²) in [5.74, 6) is 0. The van der Waals surface area contributed by atoms with Gasteiger partial charge in [-0.1, -0.05) is 0 Å². The summed E-state index contributed by atoms with van der Waals surface area (Å²) >= 11 is 0. The molecule has 56 valence electrons. The van der Waals surface area contributed by atoms with Crippen molar-refractivity contribution in [3.63, 3.8) is 0 Å². The Morgan fingerprint density at radius 2 is 2.40 bits per heavy atom. The van der Waals surface area contributed by atoms with Gasteiger partial charge in [0, 0.05) is 0 Å². The maximum absolute atomic E-state index is 3.93. The second kappa shape index (κ2) is 3.88. The fourth-order valence-corrected chi connectivity index (χ4v) is 0.859. The van der Waals surface area contributed by atoms with E-state index in [1.807, 2.05) is 9.36 Å². The Morgan fingerprint density at radius 1 is 1.60 bits per heavy atom. The molecule has 0 aliphatic carbocycles. The Balaban J connectivity index is 0.000000405. The molecule has 1 aromatic heterocycles. The molecule has 0 fully saturated rings. The second-order valence-electron chi connectivity index (χ2n) is 1.83. The molecule has 2 radical (unpaired) electrons. The van der Waals surface area contributed by atoms with Gasteiger partial charge in [0.05, 0.1) is 13.0 Å². The number of fused-ring (bicyclic) bond motifs is 1. The van der Waals surface area contributed by atoms with Crippen LogP contribution in [0.4, 0.5) is 0 Å². The van der Waals surface area contributed by atoms with E-state index in [1.54, 1.807) is 12.7 Å². The van der Waals surface area contributed by atoms with Crippen LogP contribution in [0.5, 0.6) is 0 Å². The molecule has 0 saturated heterocycles. The molecule has 0 atom stereocenters. The number of thiol groups is 1. The van der Waals surface area contributed by atoms with Crippen LogP contribution in [-0.2, 0) is 26.6 Å². The average molecular weight is 175 g/mol. The molecular weight excluding hydrogens is 166 g/mol. The minimum absolute atomic E-state index is 0. The van der Waals surface area contributed by atoms with Crippen molar-refractivity contribution in [3.05, 3.63) is 19.1 Å². The van der Waals surface area contributed by atoms with Crippen LogP contribution in [0.15, 0.2) is 12.7 Å². The maximum Gasteiger partial charge on any atom is 0.306 e. The highest BCUT2D eigenvalue weighted by Gasteiger charge is 2.13. The first-order valence-electron chi connectivity index (χ1n) is 2.57. The SMILES string of the molecule is S.[C]1Cn2cnc[n+]2C1.[SH-]. The van der Waals surface area contributed by atoms with Crippen LogP contribution in [0.25, 0.3) is 0 Å². The van der Waals surface area contributed by atoms with Crippen molar-refractivity contribution in [2.45, 2.75) is 13.1 Å². The van der Waals surface area contributed by atoms with Crippen molar-refractivity contribution in [3.8, 4) is 0 Å². The first kappa shape index (κ1) is 9.84. The second-order valence-corrected chi connectivity index (χ2v) is 1.83. The van der Waals surface area contributed by atoms with Gasteiger partial charge >= 0.3 is 6.33 Å². The van der Waals surface area contributed by atoms with E-state index in [1.165, 1.54) is 0 Å². The topological polar surface area (TPSA) is 21.7 Å². The van der Waals surface area contributed by atoms with Gasteiger partial charge < -0.3 is 13.5 Å². The molecule has 0 N–H and O–H groups in total. The zero-order valence-corrected chi connectivity index (χ0v) is 7.25. The molecule has 0 aromatic carbocycles. The fraction of sp³-hybridized carbons (Fsp3) is 0.400. The molecule has 2 heterocycles. The Hall–Kier alpha value is -0.160. The van der Waals surface area contributed by atoms with Gasteiger partial charge in [0.25, 0.3) is 0 Å². The smallest absolute Gasteiger partial charge is 0.306 e. The van der Waals surface area contributed by atoms with Crippen molar-refractivity contribution < 1.29 is 4.68 Å². The van der Waals surface area contributed by atoms with Crippen molar-refractivity contribution in [2.24, 2.45) is 0 Å². The Morgan fingerprint density at radius 3 is 3.10 bits per heavy atom. The normalized spacial score (nSPS) is 13.2. The largest absolute Gasteiger partial charge is 0.813 e.